The molecule has 6 nitrogen and oxygen atoms in total. The SMILES string of the molecule is CC(C)CNC(=O)c1ccc(NC(=O)N2CC(O)(c3ccc(F)cc3)C2)cc1Cl. The summed E-state index contributed by atoms with van der Waals surface area (Å²) in [5.74, 6) is -0.334. The standard InChI is InChI=1S/C21H23ClFN3O3/c1-13(2)10-24-19(27)17-8-7-16(9-18(17)22)25-20(28)26-11-21(29,12-26)14-3-5-15(23)6-4-14/h3-9,13,29H,10-12H2,1-2H3,(H,24,27)(H,25,28). The van der Waals surface area contributed by atoms with Gasteiger partial charge in [0.1, 0.15) is 11.4 Å². The lowest BCUT2D eigenvalue weighted by Gasteiger charge is -2.46. The molecule has 3 amide bonds. The third kappa shape index (κ3) is 4.86. The summed E-state index contributed by atoms with van der Waals surface area (Å²) in [6.07, 6.45) is 0. The second kappa shape index (κ2) is 8.39. The predicted molar refractivity (Wildman–Crippen MR) is 110 cm³/mol. The number of anilines is 1. The van der Waals surface area contributed by atoms with Crippen molar-refractivity contribution in [3.05, 3.63) is 64.4 Å². The Kier molecular flexibility index (Phi) is 6.10. The van der Waals surface area contributed by atoms with Gasteiger partial charge in [0.2, 0.25) is 0 Å². The summed E-state index contributed by atoms with van der Waals surface area (Å²) in [6.45, 7) is 4.71. The van der Waals surface area contributed by atoms with Gasteiger partial charge in [-0.25, -0.2) is 9.18 Å². The lowest BCUT2D eigenvalue weighted by Crippen LogP contribution is -2.62. The van der Waals surface area contributed by atoms with Gasteiger partial charge >= 0.3 is 6.03 Å². The summed E-state index contributed by atoms with van der Waals surface area (Å²) in [4.78, 5) is 26.0. The fourth-order valence-corrected chi connectivity index (χ4v) is 3.31. The molecule has 1 fully saturated rings. The van der Waals surface area contributed by atoms with E-state index in [1.807, 2.05) is 13.8 Å². The van der Waals surface area contributed by atoms with Gasteiger partial charge in [-0.05, 0) is 41.8 Å². The molecule has 0 atom stereocenters. The molecule has 2 aromatic rings. The van der Waals surface area contributed by atoms with Crippen molar-refractivity contribution in [2.24, 2.45) is 5.92 Å². The highest BCUT2D eigenvalue weighted by Gasteiger charge is 2.45. The molecule has 3 rings (SSSR count). The Morgan fingerprint density at radius 2 is 1.86 bits per heavy atom. The zero-order chi connectivity index (χ0) is 21.2. The zero-order valence-corrected chi connectivity index (χ0v) is 17.0. The van der Waals surface area contributed by atoms with Gasteiger partial charge in [0, 0.05) is 12.2 Å². The van der Waals surface area contributed by atoms with E-state index in [0.717, 1.165) is 0 Å². The van der Waals surface area contributed by atoms with Crippen LogP contribution in [-0.2, 0) is 5.60 Å². The van der Waals surface area contributed by atoms with Gasteiger partial charge in [0.05, 0.1) is 23.7 Å². The van der Waals surface area contributed by atoms with E-state index in [-0.39, 0.29) is 29.8 Å². The number of nitrogens with zero attached hydrogens (tertiary/aromatic N) is 1. The maximum Gasteiger partial charge on any atom is 0.322 e. The lowest BCUT2D eigenvalue weighted by molar-refractivity contribution is -0.0793. The highest BCUT2D eigenvalue weighted by atomic mass is 35.5. The molecule has 0 saturated carbocycles. The van der Waals surface area contributed by atoms with Crippen LogP contribution in [-0.4, -0.2) is 41.6 Å². The number of benzene rings is 2. The minimum Gasteiger partial charge on any atom is -0.381 e. The van der Waals surface area contributed by atoms with Gasteiger partial charge in [-0.1, -0.05) is 37.6 Å². The quantitative estimate of drug-likeness (QED) is 0.692. The lowest BCUT2D eigenvalue weighted by atomic mass is 9.86. The molecule has 0 aromatic heterocycles. The number of hydrogen-bond donors (Lipinski definition) is 3. The van der Waals surface area contributed by atoms with Crippen LogP contribution in [0.25, 0.3) is 0 Å². The summed E-state index contributed by atoms with van der Waals surface area (Å²) < 4.78 is 13.0. The fraction of sp³-hybridized carbons (Fsp3) is 0.333. The normalized spacial score (nSPS) is 15.0. The topological polar surface area (TPSA) is 81.7 Å². The molecule has 154 valence electrons. The van der Waals surface area contributed by atoms with Gasteiger partial charge in [0.15, 0.2) is 0 Å². The Bertz CT molecular complexity index is 912. The van der Waals surface area contributed by atoms with Crippen LogP contribution in [0.1, 0.15) is 29.8 Å². The van der Waals surface area contributed by atoms with Crippen LogP contribution in [0.2, 0.25) is 5.02 Å². The van der Waals surface area contributed by atoms with Crippen LogP contribution in [0.4, 0.5) is 14.9 Å². The molecular weight excluding hydrogens is 397 g/mol. The average Bonchev–Trinajstić information content (AvgIpc) is 2.64. The van der Waals surface area contributed by atoms with Crippen LogP contribution in [0, 0.1) is 11.7 Å². The molecule has 1 saturated heterocycles. The van der Waals surface area contributed by atoms with Crippen molar-refractivity contribution in [3.8, 4) is 0 Å². The molecule has 8 heteroatoms. The number of carbonyl (C=O) groups excluding carboxylic acids is 2. The summed E-state index contributed by atoms with van der Waals surface area (Å²) in [5, 5.41) is 16.3. The second-order valence-electron chi connectivity index (χ2n) is 7.62. The van der Waals surface area contributed by atoms with Crippen molar-refractivity contribution in [2.75, 3.05) is 25.0 Å². The van der Waals surface area contributed by atoms with Gasteiger partial charge in [-0.3, -0.25) is 4.79 Å². The first-order chi connectivity index (χ1) is 13.7. The number of halogens is 2. The van der Waals surface area contributed by atoms with Gasteiger partial charge < -0.3 is 20.6 Å². The summed E-state index contributed by atoms with van der Waals surface area (Å²) in [6, 6.07) is 9.83. The minimum absolute atomic E-state index is 0.0912. The van der Waals surface area contributed by atoms with E-state index in [4.69, 9.17) is 11.6 Å². The molecule has 1 aliphatic heterocycles. The van der Waals surface area contributed by atoms with Crippen molar-refractivity contribution in [1.29, 1.82) is 0 Å². The minimum atomic E-state index is -1.19. The number of urea groups is 1. The molecule has 0 bridgehead atoms. The Morgan fingerprint density at radius 3 is 2.45 bits per heavy atom. The first-order valence-corrected chi connectivity index (χ1v) is 9.68. The van der Waals surface area contributed by atoms with E-state index in [9.17, 15) is 19.1 Å². The Hall–Kier alpha value is -2.64. The molecule has 3 N–H and O–H groups in total. The van der Waals surface area contributed by atoms with Crippen LogP contribution in [0.3, 0.4) is 0 Å². The first kappa shape index (κ1) is 21.1. The molecule has 2 aromatic carbocycles. The largest absolute Gasteiger partial charge is 0.381 e. The van der Waals surface area contributed by atoms with E-state index in [1.165, 1.54) is 35.2 Å². The number of rotatable bonds is 5. The molecule has 0 aliphatic carbocycles. The van der Waals surface area contributed by atoms with Gasteiger partial charge in [0.25, 0.3) is 5.91 Å². The van der Waals surface area contributed by atoms with Gasteiger partial charge in [-0.2, -0.15) is 0 Å². The van der Waals surface area contributed by atoms with E-state index < -0.39 is 11.6 Å². The summed E-state index contributed by atoms with van der Waals surface area (Å²) in [5.41, 5.74) is 0.140. The number of amides is 3. The van der Waals surface area contributed by atoms with Crippen LogP contribution >= 0.6 is 11.6 Å². The van der Waals surface area contributed by atoms with Crippen molar-refractivity contribution >= 4 is 29.2 Å². The molecule has 0 unspecified atom stereocenters. The Labute approximate surface area is 173 Å². The number of β-amino-alcohol motifs (C(OH)–C–C–N with tert-alkyl or cyclic N) is 1. The van der Waals surface area contributed by atoms with E-state index >= 15 is 0 Å². The smallest absolute Gasteiger partial charge is 0.322 e. The molecule has 29 heavy (non-hydrogen) atoms. The molecule has 0 spiro atoms. The van der Waals surface area contributed by atoms with E-state index in [1.54, 1.807) is 12.1 Å². The van der Waals surface area contributed by atoms with Crippen molar-refractivity contribution in [3.63, 3.8) is 0 Å². The molecule has 1 heterocycles. The number of nitrogens with one attached hydrogen (secondary N) is 2. The number of hydrogen-bond acceptors (Lipinski definition) is 3. The monoisotopic (exact) mass is 419 g/mol. The predicted octanol–water partition coefficient (Wildman–Crippen LogP) is 3.60. The number of likely N-dealkylation sites (tertiary alicyclic amines) is 1. The third-order valence-corrected chi connectivity index (χ3v) is 5.02. The molecular formula is C21H23ClFN3O3. The Balaban J connectivity index is 1.58. The van der Waals surface area contributed by atoms with Crippen LogP contribution in [0.15, 0.2) is 42.5 Å². The Morgan fingerprint density at radius 1 is 1.21 bits per heavy atom. The second-order valence-corrected chi connectivity index (χ2v) is 8.03. The average molecular weight is 420 g/mol. The van der Waals surface area contributed by atoms with Gasteiger partial charge in [-0.15, -0.1) is 0 Å². The maximum absolute atomic E-state index is 13.0. The van der Waals surface area contributed by atoms with Crippen LogP contribution < -0.4 is 10.6 Å². The maximum atomic E-state index is 13.0. The third-order valence-electron chi connectivity index (χ3n) is 4.71. The first-order valence-electron chi connectivity index (χ1n) is 9.30. The van der Waals surface area contributed by atoms with Crippen molar-refractivity contribution in [1.82, 2.24) is 10.2 Å². The van der Waals surface area contributed by atoms with E-state index in [0.29, 0.717) is 29.3 Å². The molecule has 1 aliphatic rings. The number of aliphatic hydroxyl groups is 1. The van der Waals surface area contributed by atoms with E-state index in [2.05, 4.69) is 10.6 Å². The fourth-order valence-electron chi connectivity index (χ4n) is 3.04. The van der Waals surface area contributed by atoms with Crippen molar-refractivity contribution < 1.29 is 19.1 Å². The van der Waals surface area contributed by atoms with Crippen molar-refractivity contribution in [2.45, 2.75) is 19.4 Å². The summed E-state index contributed by atoms with van der Waals surface area (Å²) >= 11 is 6.19. The zero-order valence-electron chi connectivity index (χ0n) is 16.2. The number of carbonyl (C=O) groups is 2. The van der Waals surface area contributed by atoms with Crippen LogP contribution in [0.5, 0.6) is 0 Å². The summed E-state index contributed by atoms with van der Waals surface area (Å²) in [7, 11) is 0. The highest BCUT2D eigenvalue weighted by Crippen LogP contribution is 2.32. The highest BCUT2D eigenvalue weighted by molar-refractivity contribution is 6.34. The molecule has 0 radical (unpaired) electrons.